The largest absolute Gasteiger partial charge is 0.381 e. The Morgan fingerprint density at radius 2 is 2.00 bits per heavy atom. The number of hydrogen-bond donors (Lipinski definition) is 0. The fraction of sp³-hybridized carbons (Fsp3) is 0.682. The van der Waals surface area contributed by atoms with Gasteiger partial charge < -0.3 is 19.1 Å². The van der Waals surface area contributed by atoms with Crippen LogP contribution in [0.25, 0.3) is 0 Å². The molecule has 1 spiro atoms. The third kappa shape index (κ3) is 3.90. The van der Waals surface area contributed by atoms with Gasteiger partial charge in [-0.3, -0.25) is 9.48 Å². The lowest BCUT2D eigenvalue weighted by molar-refractivity contribution is -0.00454. The fourth-order valence-corrected chi connectivity index (χ4v) is 5.10. The van der Waals surface area contributed by atoms with Crippen molar-refractivity contribution in [2.75, 3.05) is 46.9 Å². The molecule has 0 bridgehead atoms. The maximum absolute atomic E-state index is 13.5. The molecular weight excluding hydrogens is 382 g/mol. The fourth-order valence-electron chi connectivity index (χ4n) is 5.10. The predicted octanol–water partition coefficient (Wildman–Crippen LogP) is 2.28. The van der Waals surface area contributed by atoms with Crippen LogP contribution in [0.4, 0.5) is 0 Å². The molecule has 1 amide bonds. The number of carbonyl (C=O) groups excluding carboxylic acids is 1. The molecule has 164 valence electrons. The highest BCUT2D eigenvalue weighted by Gasteiger charge is 2.49. The molecule has 2 aliphatic rings. The number of nitrogens with zero attached hydrogens (tertiary/aromatic N) is 5. The van der Waals surface area contributed by atoms with E-state index in [1.54, 1.807) is 0 Å². The van der Waals surface area contributed by atoms with E-state index in [-0.39, 0.29) is 11.3 Å². The highest BCUT2D eigenvalue weighted by molar-refractivity contribution is 5.94. The molecule has 2 fully saturated rings. The second-order valence-corrected chi connectivity index (χ2v) is 9.27. The first kappa shape index (κ1) is 21.1. The summed E-state index contributed by atoms with van der Waals surface area (Å²) < 4.78 is 13.0. The Bertz CT molecular complexity index is 910. The van der Waals surface area contributed by atoms with Crippen molar-refractivity contribution in [1.29, 1.82) is 0 Å². The average Bonchev–Trinajstić information content (AvgIpc) is 3.32. The summed E-state index contributed by atoms with van der Waals surface area (Å²) in [7, 11) is 4.20. The summed E-state index contributed by atoms with van der Waals surface area (Å²) in [6.45, 7) is 10.4. The molecule has 0 radical (unpaired) electrons. The number of carbonyl (C=O) groups is 1. The number of ether oxygens (including phenoxy) is 1. The second kappa shape index (κ2) is 8.15. The van der Waals surface area contributed by atoms with Crippen molar-refractivity contribution in [2.24, 2.45) is 11.3 Å². The zero-order valence-corrected chi connectivity index (χ0v) is 18.8. The molecule has 8 heteroatoms. The van der Waals surface area contributed by atoms with E-state index in [1.165, 1.54) is 0 Å². The normalized spacial score (nSPS) is 21.1. The van der Waals surface area contributed by atoms with Crippen molar-refractivity contribution in [1.82, 2.24) is 24.7 Å². The van der Waals surface area contributed by atoms with Crippen molar-refractivity contribution in [3.63, 3.8) is 0 Å². The molecule has 2 aliphatic heterocycles. The quantitative estimate of drug-likeness (QED) is 0.746. The van der Waals surface area contributed by atoms with Crippen LogP contribution in [0, 0.1) is 32.1 Å². The first-order chi connectivity index (χ1) is 14.3. The molecule has 0 aromatic carbocycles. The Morgan fingerprint density at radius 3 is 2.63 bits per heavy atom. The summed E-state index contributed by atoms with van der Waals surface area (Å²) in [5.41, 5.74) is 3.39. The molecule has 2 saturated heterocycles. The Hall–Kier alpha value is -2.19. The van der Waals surface area contributed by atoms with Gasteiger partial charge in [-0.2, -0.15) is 5.10 Å². The van der Waals surface area contributed by atoms with Crippen LogP contribution < -0.4 is 0 Å². The average molecular weight is 416 g/mol. The molecule has 0 saturated carbocycles. The molecule has 4 heterocycles. The highest BCUT2D eigenvalue weighted by Crippen LogP contribution is 2.45. The lowest BCUT2D eigenvalue weighted by Crippen LogP contribution is -2.40. The van der Waals surface area contributed by atoms with E-state index in [1.807, 2.05) is 36.4 Å². The number of amides is 1. The molecule has 2 aromatic heterocycles. The lowest BCUT2D eigenvalue weighted by atomic mass is 9.72. The summed E-state index contributed by atoms with van der Waals surface area (Å²) in [6, 6.07) is 2.03. The van der Waals surface area contributed by atoms with Crippen molar-refractivity contribution in [3.05, 3.63) is 34.5 Å². The van der Waals surface area contributed by atoms with Crippen molar-refractivity contribution >= 4 is 5.91 Å². The van der Waals surface area contributed by atoms with Gasteiger partial charge in [0.2, 0.25) is 0 Å². The minimum absolute atomic E-state index is 0.0319. The van der Waals surface area contributed by atoms with Gasteiger partial charge in [-0.15, -0.1) is 0 Å². The van der Waals surface area contributed by atoms with Crippen LogP contribution in [0.15, 0.2) is 10.6 Å². The number of aryl methyl sites for hydroxylation is 3. The van der Waals surface area contributed by atoms with Gasteiger partial charge >= 0.3 is 0 Å². The Morgan fingerprint density at radius 1 is 1.27 bits per heavy atom. The molecule has 0 N–H and O–H groups in total. The Kier molecular flexibility index (Phi) is 5.72. The van der Waals surface area contributed by atoms with Crippen LogP contribution in [0.3, 0.4) is 0 Å². The topological polar surface area (TPSA) is 76.6 Å². The number of rotatable bonds is 5. The van der Waals surface area contributed by atoms with Gasteiger partial charge in [0.25, 0.3) is 5.91 Å². The second-order valence-electron chi connectivity index (χ2n) is 9.27. The van der Waals surface area contributed by atoms with E-state index in [0.29, 0.717) is 23.9 Å². The molecular formula is C22H33N5O3. The molecule has 0 aliphatic carbocycles. The van der Waals surface area contributed by atoms with E-state index in [4.69, 9.17) is 9.26 Å². The number of aromatic nitrogens is 3. The van der Waals surface area contributed by atoms with Gasteiger partial charge in [0, 0.05) is 44.1 Å². The van der Waals surface area contributed by atoms with E-state index in [0.717, 1.165) is 62.6 Å². The summed E-state index contributed by atoms with van der Waals surface area (Å²) in [4.78, 5) is 17.8. The summed E-state index contributed by atoms with van der Waals surface area (Å²) >= 11 is 0. The molecule has 4 rings (SSSR count). The van der Waals surface area contributed by atoms with Crippen LogP contribution in [0.2, 0.25) is 0 Å². The van der Waals surface area contributed by atoms with Gasteiger partial charge in [0.1, 0.15) is 5.76 Å². The van der Waals surface area contributed by atoms with E-state index < -0.39 is 0 Å². The van der Waals surface area contributed by atoms with Crippen LogP contribution in [0.1, 0.15) is 46.0 Å². The van der Waals surface area contributed by atoms with Gasteiger partial charge in [-0.25, -0.2) is 0 Å². The van der Waals surface area contributed by atoms with Crippen LogP contribution in [-0.4, -0.2) is 77.6 Å². The third-order valence-electron chi connectivity index (χ3n) is 6.77. The van der Waals surface area contributed by atoms with Crippen molar-refractivity contribution < 1.29 is 14.1 Å². The van der Waals surface area contributed by atoms with Crippen molar-refractivity contribution in [3.8, 4) is 0 Å². The monoisotopic (exact) mass is 415 g/mol. The minimum Gasteiger partial charge on any atom is -0.381 e. The van der Waals surface area contributed by atoms with Gasteiger partial charge in [-0.1, -0.05) is 5.16 Å². The lowest BCUT2D eigenvalue weighted by Gasteiger charge is -2.38. The number of hydrogen-bond acceptors (Lipinski definition) is 6. The van der Waals surface area contributed by atoms with Crippen LogP contribution >= 0.6 is 0 Å². The van der Waals surface area contributed by atoms with E-state index in [2.05, 4.69) is 29.3 Å². The predicted molar refractivity (Wildman–Crippen MR) is 112 cm³/mol. The highest BCUT2D eigenvalue weighted by atomic mass is 16.5. The van der Waals surface area contributed by atoms with Crippen LogP contribution in [-0.2, 0) is 11.3 Å². The molecule has 1 unspecified atom stereocenters. The smallest absolute Gasteiger partial charge is 0.276 e. The van der Waals surface area contributed by atoms with Gasteiger partial charge in [0.05, 0.1) is 12.2 Å². The molecule has 2 aromatic rings. The Labute approximate surface area is 178 Å². The first-order valence-corrected chi connectivity index (χ1v) is 10.8. The third-order valence-corrected chi connectivity index (χ3v) is 6.77. The van der Waals surface area contributed by atoms with Crippen molar-refractivity contribution in [2.45, 2.75) is 40.2 Å². The molecule has 8 nitrogen and oxygen atoms in total. The first-order valence-electron chi connectivity index (χ1n) is 10.8. The zero-order chi connectivity index (χ0) is 21.5. The van der Waals surface area contributed by atoms with E-state index in [9.17, 15) is 4.79 Å². The zero-order valence-electron chi connectivity index (χ0n) is 18.8. The number of likely N-dealkylation sites (tertiary alicyclic amines) is 1. The maximum atomic E-state index is 13.5. The molecule has 30 heavy (non-hydrogen) atoms. The van der Waals surface area contributed by atoms with Gasteiger partial charge in [0.15, 0.2) is 5.69 Å². The summed E-state index contributed by atoms with van der Waals surface area (Å²) in [6.07, 6.45) is 2.01. The molecule has 1 atom stereocenters. The van der Waals surface area contributed by atoms with E-state index >= 15 is 0 Å². The summed E-state index contributed by atoms with van der Waals surface area (Å²) in [5.74, 6) is 1.08. The SMILES string of the molecule is Cc1cc(C)n(Cc2c(C(=O)N3CC(CN(C)C)C4(CCOCC4)C3)noc2C)n1. The minimum atomic E-state index is -0.0319. The standard InChI is InChI=1S/C22H33N5O3/c1-15-10-16(2)27(23-15)13-19-17(3)30-24-20(19)21(28)26-12-18(11-25(4)5)22(14-26)6-8-29-9-7-22/h10,18H,6-9,11-14H2,1-5H3. The van der Waals surface area contributed by atoms with Crippen LogP contribution in [0.5, 0.6) is 0 Å². The Balaban J connectivity index is 1.58. The summed E-state index contributed by atoms with van der Waals surface area (Å²) in [5, 5.41) is 8.71. The maximum Gasteiger partial charge on any atom is 0.276 e. The van der Waals surface area contributed by atoms with Gasteiger partial charge in [-0.05, 0) is 65.1 Å².